The molecule has 2 aromatic carbocycles. The van der Waals surface area contributed by atoms with Crippen molar-refractivity contribution in [2.75, 3.05) is 11.8 Å². The molecule has 1 aromatic heterocycles. The third kappa shape index (κ3) is 4.84. The number of non-ortho nitro benzene ring substituents is 1. The first-order valence-electron chi connectivity index (χ1n) is 8.84. The summed E-state index contributed by atoms with van der Waals surface area (Å²) in [6.45, 7) is 2.12. The lowest BCUT2D eigenvalue weighted by atomic mass is 10.2. The third-order valence-corrected chi connectivity index (χ3v) is 5.64. The molecule has 0 fully saturated rings. The highest BCUT2D eigenvalue weighted by Gasteiger charge is 2.18. The lowest BCUT2D eigenvalue weighted by Crippen LogP contribution is -2.26. The first-order valence-corrected chi connectivity index (χ1v) is 10.3. The highest BCUT2D eigenvalue weighted by Crippen LogP contribution is 2.21. The van der Waals surface area contributed by atoms with Crippen LogP contribution in [0, 0.1) is 17.0 Å². The number of hydrogen-bond acceptors (Lipinski definition) is 6. The molecule has 1 amide bonds. The summed E-state index contributed by atoms with van der Waals surface area (Å²) in [5.41, 5.74) is 0.273. The van der Waals surface area contributed by atoms with Gasteiger partial charge < -0.3 is 9.32 Å². The van der Waals surface area contributed by atoms with E-state index in [9.17, 15) is 23.3 Å². The minimum atomic E-state index is -4.02. The Morgan fingerprint density at radius 3 is 2.43 bits per heavy atom. The predicted octanol–water partition coefficient (Wildman–Crippen LogP) is 3.57. The number of aryl methyl sites for hydroxylation is 1. The summed E-state index contributed by atoms with van der Waals surface area (Å²) < 4.78 is 32.8. The second kappa shape index (κ2) is 8.37. The van der Waals surface area contributed by atoms with Crippen molar-refractivity contribution < 1.29 is 22.6 Å². The van der Waals surface area contributed by atoms with E-state index in [0.29, 0.717) is 17.9 Å². The zero-order valence-electron chi connectivity index (χ0n) is 16.2. The van der Waals surface area contributed by atoms with Gasteiger partial charge in [0.15, 0.2) is 0 Å². The van der Waals surface area contributed by atoms with Crippen LogP contribution in [0.5, 0.6) is 0 Å². The van der Waals surface area contributed by atoms with Crippen molar-refractivity contribution in [1.29, 1.82) is 0 Å². The minimum absolute atomic E-state index is 0.224. The Morgan fingerprint density at radius 2 is 1.83 bits per heavy atom. The number of rotatable bonds is 7. The van der Waals surface area contributed by atoms with E-state index in [2.05, 4.69) is 4.72 Å². The van der Waals surface area contributed by atoms with Crippen LogP contribution in [0.3, 0.4) is 0 Å². The maximum Gasteiger partial charge on any atom is 0.270 e. The molecule has 10 heteroatoms. The molecule has 0 aliphatic heterocycles. The molecule has 0 atom stereocenters. The minimum Gasteiger partial charge on any atom is -0.464 e. The normalized spacial score (nSPS) is 11.1. The van der Waals surface area contributed by atoms with Crippen LogP contribution in [-0.4, -0.2) is 31.2 Å². The van der Waals surface area contributed by atoms with Crippen molar-refractivity contribution in [2.45, 2.75) is 18.4 Å². The summed E-state index contributed by atoms with van der Waals surface area (Å²) in [6.07, 6.45) is 0. The lowest BCUT2D eigenvalue weighted by Gasteiger charge is -2.16. The van der Waals surface area contributed by atoms with Crippen LogP contribution < -0.4 is 4.72 Å². The van der Waals surface area contributed by atoms with Crippen LogP contribution in [0.15, 0.2) is 70.0 Å². The highest BCUT2D eigenvalue weighted by molar-refractivity contribution is 7.92. The lowest BCUT2D eigenvalue weighted by molar-refractivity contribution is -0.385. The molecular formula is C20H19N3O6S. The molecule has 30 heavy (non-hydrogen) atoms. The van der Waals surface area contributed by atoms with Crippen LogP contribution in [-0.2, 0) is 16.6 Å². The van der Waals surface area contributed by atoms with Gasteiger partial charge in [-0.3, -0.25) is 19.6 Å². The fourth-order valence-corrected chi connectivity index (χ4v) is 3.85. The summed E-state index contributed by atoms with van der Waals surface area (Å²) in [5, 5.41) is 10.9. The van der Waals surface area contributed by atoms with Gasteiger partial charge in [0.05, 0.1) is 16.4 Å². The number of carbonyl (C=O) groups excluding carboxylic acids is 1. The summed E-state index contributed by atoms with van der Waals surface area (Å²) in [6, 6.07) is 14.3. The second-order valence-electron chi connectivity index (χ2n) is 6.61. The van der Waals surface area contributed by atoms with E-state index in [1.165, 1.54) is 47.4 Å². The number of amides is 1. The van der Waals surface area contributed by atoms with Crippen LogP contribution in [0.25, 0.3) is 0 Å². The molecule has 0 spiro atoms. The zero-order chi connectivity index (χ0) is 21.9. The quantitative estimate of drug-likeness (QED) is 0.452. The van der Waals surface area contributed by atoms with Gasteiger partial charge in [0, 0.05) is 30.4 Å². The van der Waals surface area contributed by atoms with E-state index in [1.807, 2.05) is 13.0 Å². The number of furan rings is 1. The third-order valence-electron chi connectivity index (χ3n) is 4.26. The second-order valence-corrected chi connectivity index (χ2v) is 8.29. The zero-order valence-corrected chi connectivity index (χ0v) is 17.0. The Morgan fingerprint density at radius 1 is 1.13 bits per heavy atom. The van der Waals surface area contributed by atoms with Crippen molar-refractivity contribution in [3.05, 3.63) is 87.9 Å². The number of hydrogen-bond donors (Lipinski definition) is 1. The van der Waals surface area contributed by atoms with E-state index in [4.69, 9.17) is 4.42 Å². The number of benzene rings is 2. The molecule has 3 rings (SSSR count). The average molecular weight is 429 g/mol. The standard InChI is InChI=1S/C20H19N3O6S/c1-14-6-11-18(29-14)13-22(2)20(24)15-7-9-16(10-8-15)21-30(27,28)19-5-3-4-17(12-19)23(25)26/h3-12,21H,13H2,1-2H3. The fourth-order valence-electron chi connectivity index (χ4n) is 2.76. The molecule has 0 radical (unpaired) electrons. The Kier molecular flexibility index (Phi) is 5.88. The van der Waals surface area contributed by atoms with E-state index in [1.54, 1.807) is 13.1 Å². The van der Waals surface area contributed by atoms with E-state index >= 15 is 0 Å². The molecule has 156 valence electrons. The summed E-state index contributed by atoms with van der Waals surface area (Å²) in [4.78, 5) is 24.0. The van der Waals surface area contributed by atoms with Gasteiger partial charge in [-0.2, -0.15) is 0 Å². The maximum absolute atomic E-state index is 12.6. The molecule has 1 N–H and O–H groups in total. The number of nitrogens with zero attached hydrogens (tertiary/aromatic N) is 2. The number of nitro groups is 1. The van der Waals surface area contributed by atoms with Crippen LogP contribution >= 0.6 is 0 Å². The smallest absolute Gasteiger partial charge is 0.270 e. The van der Waals surface area contributed by atoms with Gasteiger partial charge in [-0.15, -0.1) is 0 Å². The van der Waals surface area contributed by atoms with Gasteiger partial charge in [0.25, 0.3) is 21.6 Å². The molecule has 0 saturated carbocycles. The SMILES string of the molecule is Cc1ccc(CN(C)C(=O)c2ccc(NS(=O)(=O)c3cccc([N+](=O)[O-])c3)cc2)o1. The fraction of sp³-hybridized carbons (Fsp3) is 0.150. The predicted molar refractivity (Wildman–Crippen MR) is 110 cm³/mol. The first kappa shape index (κ1) is 21.1. The maximum atomic E-state index is 12.6. The number of anilines is 1. The largest absolute Gasteiger partial charge is 0.464 e. The number of sulfonamides is 1. The molecular weight excluding hydrogens is 410 g/mol. The molecule has 0 saturated heterocycles. The molecule has 3 aromatic rings. The van der Waals surface area contributed by atoms with Crippen molar-refractivity contribution in [2.24, 2.45) is 0 Å². The molecule has 1 heterocycles. The Balaban J connectivity index is 1.71. The van der Waals surface area contributed by atoms with E-state index in [0.717, 1.165) is 11.8 Å². The van der Waals surface area contributed by atoms with Crippen molar-refractivity contribution >= 4 is 27.3 Å². The van der Waals surface area contributed by atoms with Crippen LogP contribution in [0.4, 0.5) is 11.4 Å². The molecule has 0 aliphatic carbocycles. The van der Waals surface area contributed by atoms with Gasteiger partial charge in [-0.25, -0.2) is 8.42 Å². The number of nitrogens with one attached hydrogen (secondary N) is 1. The molecule has 0 bridgehead atoms. The number of nitro benzene ring substituents is 1. The Hall–Kier alpha value is -3.66. The summed E-state index contributed by atoms with van der Waals surface area (Å²) in [5.74, 6) is 1.16. The van der Waals surface area contributed by atoms with Gasteiger partial charge in [-0.05, 0) is 49.4 Å². The van der Waals surface area contributed by atoms with Crippen LogP contribution in [0.2, 0.25) is 0 Å². The van der Waals surface area contributed by atoms with Gasteiger partial charge in [0.1, 0.15) is 11.5 Å². The summed E-state index contributed by atoms with van der Waals surface area (Å²) in [7, 11) is -2.38. The highest BCUT2D eigenvalue weighted by atomic mass is 32.2. The average Bonchev–Trinajstić information content (AvgIpc) is 3.12. The molecule has 9 nitrogen and oxygen atoms in total. The van der Waals surface area contributed by atoms with E-state index in [-0.39, 0.29) is 22.2 Å². The monoisotopic (exact) mass is 429 g/mol. The first-order chi connectivity index (χ1) is 14.2. The van der Waals surface area contributed by atoms with E-state index < -0.39 is 14.9 Å². The Labute approximate surface area is 173 Å². The summed E-state index contributed by atoms with van der Waals surface area (Å²) >= 11 is 0. The van der Waals surface area contributed by atoms with Gasteiger partial charge in [0.2, 0.25) is 0 Å². The van der Waals surface area contributed by atoms with Gasteiger partial charge in [-0.1, -0.05) is 6.07 Å². The molecule has 0 unspecified atom stereocenters. The van der Waals surface area contributed by atoms with Crippen molar-refractivity contribution in [3.63, 3.8) is 0 Å². The van der Waals surface area contributed by atoms with Crippen LogP contribution in [0.1, 0.15) is 21.9 Å². The Bertz CT molecular complexity index is 1190. The topological polar surface area (TPSA) is 123 Å². The number of carbonyl (C=O) groups is 1. The van der Waals surface area contributed by atoms with Gasteiger partial charge >= 0.3 is 0 Å². The van der Waals surface area contributed by atoms with Crippen molar-refractivity contribution in [3.8, 4) is 0 Å². The molecule has 0 aliphatic rings. The van der Waals surface area contributed by atoms with Crippen molar-refractivity contribution in [1.82, 2.24) is 4.90 Å².